The molecule has 22 heavy (non-hydrogen) atoms. The number of hydrogen-bond donors (Lipinski definition) is 1. The maximum atomic E-state index is 12.4. The van der Waals surface area contributed by atoms with Crippen LogP contribution in [0.3, 0.4) is 0 Å². The van der Waals surface area contributed by atoms with E-state index in [0.29, 0.717) is 10.6 Å². The van der Waals surface area contributed by atoms with Gasteiger partial charge in [-0.25, -0.2) is 4.98 Å². The minimum absolute atomic E-state index is 0.157. The fraction of sp³-hybridized carbons (Fsp3) is 0.176. The Hall–Kier alpha value is -2.33. The highest BCUT2D eigenvalue weighted by atomic mass is 35.5. The Morgan fingerprint density at radius 3 is 2.68 bits per heavy atom. The topological polar surface area (TPSA) is 46.9 Å². The third-order valence-corrected chi connectivity index (χ3v) is 4.04. The fourth-order valence-corrected chi connectivity index (χ4v) is 2.65. The Morgan fingerprint density at radius 1 is 1.18 bits per heavy atom. The van der Waals surface area contributed by atoms with Crippen LogP contribution in [0.4, 0.5) is 5.69 Å². The normalized spacial score (nSPS) is 10.9. The van der Waals surface area contributed by atoms with E-state index >= 15 is 0 Å². The van der Waals surface area contributed by atoms with Crippen molar-refractivity contribution in [3.63, 3.8) is 0 Å². The summed E-state index contributed by atoms with van der Waals surface area (Å²) < 4.78 is 2.00. The molecule has 5 heteroatoms. The molecule has 1 heterocycles. The molecule has 2 aromatic carbocycles. The first kappa shape index (κ1) is 14.6. The number of halogens is 1. The van der Waals surface area contributed by atoms with Crippen molar-refractivity contribution in [3.05, 3.63) is 58.4 Å². The molecule has 1 N–H and O–H groups in total. The van der Waals surface area contributed by atoms with Gasteiger partial charge in [0.15, 0.2) is 0 Å². The number of hydrogen-bond acceptors (Lipinski definition) is 2. The second-order valence-corrected chi connectivity index (χ2v) is 5.77. The van der Waals surface area contributed by atoms with Crippen LogP contribution in [0.25, 0.3) is 11.0 Å². The molecule has 0 aliphatic heterocycles. The summed E-state index contributed by atoms with van der Waals surface area (Å²) in [6.07, 6.45) is 0. The van der Waals surface area contributed by atoms with Gasteiger partial charge in [0, 0.05) is 23.3 Å². The Bertz CT molecular complexity index is 883. The average molecular weight is 314 g/mol. The largest absolute Gasteiger partial charge is 0.331 e. The molecule has 3 rings (SSSR count). The maximum Gasteiger partial charge on any atom is 0.255 e. The SMILES string of the molecule is Cc1cc(Cl)ccc1NC(=O)c1ccc2c(c1)nc(C)n2C. The number of rotatable bonds is 2. The van der Waals surface area contributed by atoms with Gasteiger partial charge in [0.2, 0.25) is 0 Å². The molecule has 3 aromatic rings. The lowest BCUT2D eigenvalue weighted by atomic mass is 10.1. The van der Waals surface area contributed by atoms with Gasteiger partial charge in [0.25, 0.3) is 5.91 Å². The molecule has 0 saturated carbocycles. The van der Waals surface area contributed by atoms with Crippen LogP contribution in [-0.2, 0) is 7.05 Å². The highest BCUT2D eigenvalue weighted by Crippen LogP contribution is 2.21. The minimum atomic E-state index is -0.157. The van der Waals surface area contributed by atoms with Gasteiger partial charge in [-0.2, -0.15) is 0 Å². The van der Waals surface area contributed by atoms with E-state index in [2.05, 4.69) is 10.3 Å². The lowest BCUT2D eigenvalue weighted by Gasteiger charge is -2.09. The standard InChI is InChI=1S/C17H16ClN3O/c1-10-8-13(18)5-6-14(10)20-17(22)12-4-7-16-15(9-12)19-11(2)21(16)3/h4-9H,1-3H3,(H,20,22). The van der Waals surface area contributed by atoms with Crippen molar-refractivity contribution in [2.75, 3.05) is 5.32 Å². The van der Waals surface area contributed by atoms with Gasteiger partial charge < -0.3 is 9.88 Å². The smallest absolute Gasteiger partial charge is 0.255 e. The number of nitrogens with zero attached hydrogens (tertiary/aromatic N) is 2. The molecule has 0 aliphatic rings. The fourth-order valence-electron chi connectivity index (χ4n) is 2.42. The van der Waals surface area contributed by atoms with E-state index in [1.54, 1.807) is 12.1 Å². The lowest BCUT2D eigenvalue weighted by molar-refractivity contribution is 0.102. The lowest BCUT2D eigenvalue weighted by Crippen LogP contribution is -2.12. The summed E-state index contributed by atoms with van der Waals surface area (Å²) in [4.78, 5) is 16.9. The summed E-state index contributed by atoms with van der Waals surface area (Å²) >= 11 is 5.93. The van der Waals surface area contributed by atoms with E-state index < -0.39 is 0 Å². The number of amides is 1. The van der Waals surface area contributed by atoms with Crippen molar-refractivity contribution in [3.8, 4) is 0 Å². The number of benzene rings is 2. The Balaban J connectivity index is 1.91. The number of nitrogens with one attached hydrogen (secondary N) is 1. The molecular formula is C17H16ClN3O. The van der Waals surface area contributed by atoms with E-state index in [1.165, 1.54) is 0 Å². The number of carbonyl (C=O) groups excluding carboxylic acids is 1. The molecule has 112 valence electrons. The first-order valence-electron chi connectivity index (χ1n) is 6.96. The zero-order chi connectivity index (χ0) is 15.9. The second kappa shape index (κ2) is 5.46. The summed E-state index contributed by atoms with van der Waals surface area (Å²) in [5.41, 5.74) is 4.10. The predicted octanol–water partition coefficient (Wildman–Crippen LogP) is 4.10. The first-order chi connectivity index (χ1) is 10.5. The van der Waals surface area contributed by atoms with Crippen LogP contribution in [0.15, 0.2) is 36.4 Å². The van der Waals surface area contributed by atoms with Crippen molar-refractivity contribution in [2.24, 2.45) is 7.05 Å². The van der Waals surface area contributed by atoms with Crippen LogP contribution in [0.5, 0.6) is 0 Å². The first-order valence-corrected chi connectivity index (χ1v) is 7.34. The zero-order valence-electron chi connectivity index (χ0n) is 12.6. The van der Waals surface area contributed by atoms with Crippen molar-refractivity contribution < 1.29 is 4.79 Å². The molecule has 1 amide bonds. The average Bonchev–Trinajstić information content (AvgIpc) is 2.76. The van der Waals surface area contributed by atoms with E-state index in [4.69, 9.17) is 11.6 Å². The highest BCUT2D eigenvalue weighted by Gasteiger charge is 2.11. The van der Waals surface area contributed by atoms with Crippen LogP contribution in [0.2, 0.25) is 5.02 Å². The number of imidazole rings is 1. The van der Waals surface area contributed by atoms with E-state index in [9.17, 15) is 4.79 Å². The molecule has 0 fully saturated rings. The van der Waals surface area contributed by atoms with Gasteiger partial charge in [0.05, 0.1) is 11.0 Å². The highest BCUT2D eigenvalue weighted by molar-refractivity contribution is 6.30. The molecular weight excluding hydrogens is 298 g/mol. The Morgan fingerprint density at radius 2 is 1.95 bits per heavy atom. The van der Waals surface area contributed by atoms with Gasteiger partial charge >= 0.3 is 0 Å². The third-order valence-electron chi connectivity index (χ3n) is 3.80. The van der Waals surface area contributed by atoms with Gasteiger partial charge in [0.1, 0.15) is 5.82 Å². The van der Waals surface area contributed by atoms with Gasteiger partial charge in [-0.3, -0.25) is 4.79 Å². The van der Waals surface area contributed by atoms with Crippen molar-refractivity contribution in [1.82, 2.24) is 9.55 Å². The Kier molecular flexibility index (Phi) is 3.62. The van der Waals surface area contributed by atoms with E-state index in [-0.39, 0.29) is 5.91 Å². The summed E-state index contributed by atoms with van der Waals surface area (Å²) in [7, 11) is 1.96. The maximum absolute atomic E-state index is 12.4. The third kappa shape index (κ3) is 2.57. The van der Waals surface area contributed by atoms with Crippen LogP contribution in [0.1, 0.15) is 21.7 Å². The monoisotopic (exact) mass is 313 g/mol. The quantitative estimate of drug-likeness (QED) is 0.774. The van der Waals surface area contributed by atoms with Gasteiger partial charge in [-0.15, -0.1) is 0 Å². The number of aryl methyl sites for hydroxylation is 3. The molecule has 0 radical (unpaired) electrons. The van der Waals surface area contributed by atoms with Crippen molar-refractivity contribution >= 4 is 34.2 Å². The Labute approximate surface area is 133 Å². The van der Waals surface area contributed by atoms with Gasteiger partial charge in [-0.1, -0.05) is 11.6 Å². The molecule has 0 unspecified atom stereocenters. The molecule has 0 atom stereocenters. The summed E-state index contributed by atoms with van der Waals surface area (Å²) in [5, 5.41) is 3.56. The number of fused-ring (bicyclic) bond motifs is 1. The predicted molar refractivity (Wildman–Crippen MR) is 89.6 cm³/mol. The summed E-state index contributed by atoms with van der Waals surface area (Å²) in [6.45, 7) is 3.85. The van der Waals surface area contributed by atoms with Crippen molar-refractivity contribution in [1.29, 1.82) is 0 Å². The van der Waals surface area contributed by atoms with Crippen LogP contribution < -0.4 is 5.32 Å². The number of anilines is 1. The van der Waals surface area contributed by atoms with E-state index in [0.717, 1.165) is 28.1 Å². The zero-order valence-corrected chi connectivity index (χ0v) is 13.4. The molecule has 0 bridgehead atoms. The molecule has 0 aliphatic carbocycles. The summed E-state index contributed by atoms with van der Waals surface area (Å²) in [6, 6.07) is 10.9. The van der Waals surface area contributed by atoms with Crippen LogP contribution >= 0.6 is 11.6 Å². The number of aromatic nitrogens is 2. The molecule has 0 saturated heterocycles. The van der Waals surface area contributed by atoms with Crippen LogP contribution in [-0.4, -0.2) is 15.5 Å². The van der Waals surface area contributed by atoms with E-state index in [1.807, 2.05) is 49.7 Å². The molecule has 0 spiro atoms. The van der Waals surface area contributed by atoms with Crippen molar-refractivity contribution in [2.45, 2.75) is 13.8 Å². The molecule has 1 aromatic heterocycles. The van der Waals surface area contributed by atoms with Gasteiger partial charge in [-0.05, 0) is 55.8 Å². The summed E-state index contributed by atoms with van der Waals surface area (Å²) in [5.74, 6) is 0.761. The number of carbonyl (C=O) groups is 1. The minimum Gasteiger partial charge on any atom is -0.331 e. The second-order valence-electron chi connectivity index (χ2n) is 5.33. The van der Waals surface area contributed by atoms with Crippen LogP contribution in [0, 0.1) is 13.8 Å². The molecule has 4 nitrogen and oxygen atoms in total.